The Bertz CT molecular complexity index is 298. The van der Waals surface area contributed by atoms with Crippen LogP contribution in [0.1, 0.15) is 32.6 Å². The quantitative estimate of drug-likeness (QED) is 0.708. The molecule has 0 unspecified atom stereocenters. The molecule has 0 aromatic heterocycles. The summed E-state index contributed by atoms with van der Waals surface area (Å²) in [5.41, 5.74) is 0. The van der Waals surface area contributed by atoms with Crippen molar-refractivity contribution in [3.8, 4) is 0 Å². The smallest absolute Gasteiger partial charge is 0.325 e. The van der Waals surface area contributed by atoms with E-state index in [-0.39, 0.29) is 18.5 Å². The maximum Gasteiger partial charge on any atom is 0.325 e. The molecule has 0 aromatic rings. The molecule has 2 aliphatic carbocycles. The number of nitrogens with one attached hydrogen (secondary N) is 1. The normalized spacial score (nSPS) is 18.6. The molecule has 5 nitrogen and oxygen atoms in total. The van der Waals surface area contributed by atoms with Crippen LogP contribution in [0.25, 0.3) is 0 Å². The Morgan fingerprint density at radius 2 is 2.00 bits per heavy atom. The molecular weight excluding hydrogens is 220 g/mol. The molecule has 5 heteroatoms. The van der Waals surface area contributed by atoms with Gasteiger partial charge in [0.25, 0.3) is 0 Å². The first kappa shape index (κ1) is 12.2. The van der Waals surface area contributed by atoms with Gasteiger partial charge in [0.15, 0.2) is 0 Å². The number of rotatable bonds is 6. The topological polar surface area (TPSA) is 58.6 Å². The fraction of sp³-hybridized carbons (Fsp3) is 0.833. The van der Waals surface area contributed by atoms with Crippen molar-refractivity contribution < 1.29 is 14.3 Å². The third-order valence-corrected chi connectivity index (χ3v) is 3.09. The monoisotopic (exact) mass is 240 g/mol. The summed E-state index contributed by atoms with van der Waals surface area (Å²) in [6.45, 7) is 2.92. The second-order valence-corrected chi connectivity index (χ2v) is 4.79. The average Bonchev–Trinajstić information content (AvgIpc) is 3.15. The van der Waals surface area contributed by atoms with Crippen LogP contribution in [0.3, 0.4) is 0 Å². The van der Waals surface area contributed by atoms with Crippen molar-refractivity contribution in [1.29, 1.82) is 0 Å². The van der Waals surface area contributed by atoms with Crippen LogP contribution in [0.15, 0.2) is 0 Å². The summed E-state index contributed by atoms with van der Waals surface area (Å²) in [6.07, 6.45) is 4.65. The third kappa shape index (κ3) is 3.91. The lowest BCUT2D eigenvalue weighted by Crippen LogP contribution is -2.44. The van der Waals surface area contributed by atoms with E-state index >= 15 is 0 Å². The Morgan fingerprint density at radius 1 is 1.29 bits per heavy atom. The number of ether oxygens (including phenoxy) is 1. The molecule has 0 spiro atoms. The van der Waals surface area contributed by atoms with E-state index in [0.29, 0.717) is 18.6 Å². The Balaban J connectivity index is 1.73. The van der Waals surface area contributed by atoms with Gasteiger partial charge >= 0.3 is 12.0 Å². The van der Waals surface area contributed by atoms with Crippen molar-refractivity contribution in [1.82, 2.24) is 10.2 Å². The number of nitrogens with zero attached hydrogens (tertiary/aromatic N) is 1. The molecule has 17 heavy (non-hydrogen) atoms. The predicted molar refractivity (Wildman–Crippen MR) is 62.5 cm³/mol. The molecule has 0 radical (unpaired) electrons. The van der Waals surface area contributed by atoms with Crippen LogP contribution >= 0.6 is 0 Å². The highest BCUT2D eigenvalue weighted by molar-refractivity contribution is 5.81. The van der Waals surface area contributed by atoms with Crippen molar-refractivity contribution in [2.24, 2.45) is 5.92 Å². The van der Waals surface area contributed by atoms with Crippen molar-refractivity contribution in [2.75, 3.05) is 19.7 Å². The minimum atomic E-state index is -0.372. The molecule has 1 N–H and O–H groups in total. The standard InChI is InChI=1S/C12H20N2O3/c1-2-17-11(15)7-13-12(16)14(10-5-6-10)8-9-3-4-9/h9-10H,2-8H2,1H3,(H,13,16). The van der Waals surface area contributed by atoms with Gasteiger partial charge in [0.1, 0.15) is 6.54 Å². The number of carbonyl (C=O) groups is 2. The van der Waals surface area contributed by atoms with Gasteiger partial charge in [-0.3, -0.25) is 4.79 Å². The van der Waals surface area contributed by atoms with Crippen LogP contribution in [-0.2, 0) is 9.53 Å². The Hall–Kier alpha value is -1.26. The molecule has 0 aliphatic heterocycles. The van der Waals surface area contributed by atoms with Gasteiger partial charge in [-0.1, -0.05) is 0 Å². The van der Waals surface area contributed by atoms with Crippen LogP contribution in [0.2, 0.25) is 0 Å². The molecule has 0 atom stereocenters. The van der Waals surface area contributed by atoms with E-state index in [9.17, 15) is 9.59 Å². The molecule has 2 amide bonds. The molecule has 0 heterocycles. The summed E-state index contributed by atoms with van der Waals surface area (Å²) in [6, 6.07) is 0.283. The number of carbonyl (C=O) groups excluding carboxylic acids is 2. The summed E-state index contributed by atoms with van der Waals surface area (Å²) in [5, 5.41) is 2.63. The molecule has 0 bridgehead atoms. The first-order valence-corrected chi connectivity index (χ1v) is 6.40. The fourth-order valence-corrected chi connectivity index (χ4v) is 1.82. The van der Waals surface area contributed by atoms with Crippen molar-refractivity contribution in [3.63, 3.8) is 0 Å². The molecule has 2 fully saturated rings. The summed E-state index contributed by atoms with van der Waals surface area (Å²) < 4.78 is 4.77. The minimum absolute atomic E-state index is 0.0272. The van der Waals surface area contributed by atoms with Gasteiger partial charge in [0.05, 0.1) is 6.61 Å². The van der Waals surface area contributed by atoms with Gasteiger partial charge in [0.2, 0.25) is 0 Å². The molecule has 2 saturated carbocycles. The summed E-state index contributed by atoms with van der Waals surface area (Å²) >= 11 is 0. The Labute approximate surface area is 101 Å². The van der Waals surface area contributed by atoms with Crippen LogP contribution < -0.4 is 5.32 Å². The van der Waals surface area contributed by atoms with Gasteiger partial charge < -0.3 is 15.0 Å². The highest BCUT2D eigenvalue weighted by atomic mass is 16.5. The maximum absolute atomic E-state index is 11.9. The van der Waals surface area contributed by atoms with Gasteiger partial charge in [-0.2, -0.15) is 0 Å². The zero-order valence-corrected chi connectivity index (χ0v) is 10.3. The van der Waals surface area contributed by atoms with Gasteiger partial charge in [-0.05, 0) is 38.5 Å². The SMILES string of the molecule is CCOC(=O)CNC(=O)N(CC1CC1)C1CC1. The Morgan fingerprint density at radius 3 is 2.53 bits per heavy atom. The van der Waals surface area contributed by atoms with E-state index in [1.807, 2.05) is 4.90 Å². The first-order chi connectivity index (χ1) is 8.20. The Kier molecular flexibility index (Phi) is 3.86. The highest BCUT2D eigenvalue weighted by Crippen LogP contribution is 2.34. The lowest BCUT2D eigenvalue weighted by molar-refractivity contribution is -0.141. The zero-order chi connectivity index (χ0) is 12.3. The lowest BCUT2D eigenvalue weighted by Gasteiger charge is -2.22. The average molecular weight is 240 g/mol. The molecule has 2 aliphatic rings. The van der Waals surface area contributed by atoms with E-state index < -0.39 is 0 Å². The first-order valence-electron chi connectivity index (χ1n) is 6.40. The van der Waals surface area contributed by atoms with Crippen LogP contribution in [-0.4, -0.2) is 42.6 Å². The molecule has 0 aromatic carbocycles. The van der Waals surface area contributed by atoms with Crippen LogP contribution in [0, 0.1) is 5.92 Å². The van der Waals surface area contributed by atoms with E-state index in [0.717, 1.165) is 19.4 Å². The van der Waals surface area contributed by atoms with Crippen LogP contribution in [0.5, 0.6) is 0 Å². The largest absolute Gasteiger partial charge is 0.465 e. The predicted octanol–water partition coefficient (Wildman–Crippen LogP) is 1.13. The minimum Gasteiger partial charge on any atom is -0.465 e. The molecular formula is C12H20N2O3. The summed E-state index contributed by atoms with van der Waals surface area (Å²) in [5.74, 6) is 0.312. The zero-order valence-electron chi connectivity index (χ0n) is 10.3. The third-order valence-electron chi connectivity index (χ3n) is 3.09. The molecule has 96 valence electrons. The number of amides is 2. The second kappa shape index (κ2) is 5.38. The number of hydrogen-bond acceptors (Lipinski definition) is 3. The van der Waals surface area contributed by atoms with Gasteiger partial charge in [-0.25, -0.2) is 4.79 Å². The summed E-state index contributed by atoms with van der Waals surface area (Å²) in [4.78, 5) is 24.9. The maximum atomic E-state index is 11.9. The van der Waals surface area contributed by atoms with Gasteiger partial charge in [0, 0.05) is 12.6 Å². The molecule has 2 rings (SSSR count). The van der Waals surface area contributed by atoms with Crippen LogP contribution in [0.4, 0.5) is 4.79 Å². The van der Waals surface area contributed by atoms with Crippen molar-refractivity contribution in [2.45, 2.75) is 38.6 Å². The second-order valence-electron chi connectivity index (χ2n) is 4.79. The van der Waals surface area contributed by atoms with Gasteiger partial charge in [-0.15, -0.1) is 0 Å². The number of urea groups is 1. The van der Waals surface area contributed by atoms with E-state index in [4.69, 9.17) is 4.74 Å². The number of hydrogen-bond donors (Lipinski definition) is 1. The summed E-state index contributed by atoms with van der Waals surface area (Å²) in [7, 11) is 0. The lowest BCUT2D eigenvalue weighted by atomic mass is 10.3. The van der Waals surface area contributed by atoms with Crippen molar-refractivity contribution in [3.05, 3.63) is 0 Å². The van der Waals surface area contributed by atoms with E-state index in [1.54, 1.807) is 6.92 Å². The van der Waals surface area contributed by atoms with E-state index in [1.165, 1.54) is 12.8 Å². The van der Waals surface area contributed by atoms with E-state index in [2.05, 4.69) is 5.32 Å². The highest BCUT2D eigenvalue weighted by Gasteiger charge is 2.36. The number of esters is 1. The van der Waals surface area contributed by atoms with Crippen molar-refractivity contribution >= 4 is 12.0 Å². The fourth-order valence-electron chi connectivity index (χ4n) is 1.82. The molecule has 0 saturated heterocycles.